The first kappa shape index (κ1) is 37.5. The van der Waals surface area contributed by atoms with Gasteiger partial charge in [0.15, 0.2) is 6.20 Å². The van der Waals surface area contributed by atoms with Crippen LogP contribution in [-0.2, 0) is 32.2 Å². The van der Waals surface area contributed by atoms with Gasteiger partial charge in [-0.05, 0) is 46.0 Å². The van der Waals surface area contributed by atoms with Gasteiger partial charge in [-0.2, -0.15) is 0 Å². The molecule has 1 fully saturated rings. The van der Waals surface area contributed by atoms with Gasteiger partial charge in [-0.1, -0.05) is 89.5 Å². The van der Waals surface area contributed by atoms with Crippen molar-refractivity contribution < 1.29 is 33.3 Å². The van der Waals surface area contributed by atoms with Crippen molar-refractivity contribution in [2.45, 2.75) is 155 Å². The monoisotopic (exact) mass is 618 g/mol. The predicted octanol–water partition coefficient (Wildman–Crippen LogP) is 7.97. The zero-order valence-electron chi connectivity index (χ0n) is 27.7. The fraction of sp³-hybridized carbons (Fsp3) is 0.771. The Morgan fingerprint density at radius 1 is 0.886 bits per heavy atom. The SMILES string of the molecule is CC[n+]1ccccc1CN(OC(=O)NCCCCCCCCCCCCCCCCCC(C)=O)C(=O)OCC1CCCCO1. The summed E-state index contributed by atoms with van der Waals surface area (Å²) in [4.78, 5) is 41.8. The maximum atomic E-state index is 12.9. The van der Waals surface area contributed by atoms with E-state index < -0.39 is 12.2 Å². The van der Waals surface area contributed by atoms with Crippen molar-refractivity contribution in [3.05, 3.63) is 30.1 Å². The zero-order valence-corrected chi connectivity index (χ0v) is 27.7. The average molecular weight is 619 g/mol. The number of ketones is 1. The van der Waals surface area contributed by atoms with Gasteiger partial charge in [0.2, 0.25) is 5.69 Å². The second kappa shape index (κ2) is 24.6. The Hall–Kier alpha value is -2.68. The maximum absolute atomic E-state index is 12.9. The topological polar surface area (TPSA) is 98.1 Å². The first-order chi connectivity index (χ1) is 21.5. The van der Waals surface area contributed by atoms with Crippen LogP contribution >= 0.6 is 0 Å². The molecule has 0 aromatic carbocycles. The Morgan fingerprint density at radius 2 is 1.50 bits per heavy atom. The van der Waals surface area contributed by atoms with E-state index >= 15 is 0 Å². The fourth-order valence-corrected chi connectivity index (χ4v) is 5.54. The number of hydroxylamine groups is 2. The van der Waals surface area contributed by atoms with E-state index in [1.54, 1.807) is 6.92 Å². The molecule has 0 saturated carbocycles. The van der Waals surface area contributed by atoms with E-state index in [2.05, 4.69) is 5.32 Å². The number of hydrogen-bond donors (Lipinski definition) is 1. The van der Waals surface area contributed by atoms with E-state index in [1.807, 2.05) is 35.9 Å². The Kier molecular flexibility index (Phi) is 21.0. The maximum Gasteiger partial charge on any atom is 0.444 e. The molecule has 250 valence electrons. The summed E-state index contributed by atoms with van der Waals surface area (Å²) in [7, 11) is 0. The third-order valence-electron chi connectivity index (χ3n) is 8.22. The molecule has 44 heavy (non-hydrogen) atoms. The number of amides is 2. The average Bonchev–Trinajstić information content (AvgIpc) is 3.03. The summed E-state index contributed by atoms with van der Waals surface area (Å²) in [5, 5.41) is 3.78. The van der Waals surface area contributed by atoms with Crippen LogP contribution in [0.25, 0.3) is 0 Å². The minimum atomic E-state index is -0.696. The number of nitrogens with one attached hydrogen (secondary N) is 1. The summed E-state index contributed by atoms with van der Waals surface area (Å²) >= 11 is 0. The summed E-state index contributed by atoms with van der Waals surface area (Å²) in [5.74, 6) is 0.313. The summed E-state index contributed by atoms with van der Waals surface area (Å²) in [6.45, 7) is 5.86. The van der Waals surface area contributed by atoms with Gasteiger partial charge in [0.05, 0.1) is 6.10 Å². The van der Waals surface area contributed by atoms with Crippen molar-refractivity contribution in [2.24, 2.45) is 0 Å². The normalized spacial score (nSPS) is 14.6. The van der Waals surface area contributed by atoms with E-state index in [-0.39, 0.29) is 19.3 Å². The summed E-state index contributed by atoms with van der Waals surface area (Å²) in [5.41, 5.74) is 0.835. The Labute approximate surface area is 266 Å². The van der Waals surface area contributed by atoms with Crippen molar-refractivity contribution >= 4 is 18.0 Å². The van der Waals surface area contributed by atoms with Gasteiger partial charge in [-0.15, -0.1) is 5.06 Å². The number of carbonyl (C=O) groups is 3. The van der Waals surface area contributed by atoms with Crippen LogP contribution in [0.5, 0.6) is 0 Å². The minimum Gasteiger partial charge on any atom is -0.445 e. The number of ether oxygens (including phenoxy) is 2. The molecule has 2 amide bonds. The Balaban J connectivity index is 1.53. The largest absolute Gasteiger partial charge is 0.445 e. The smallest absolute Gasteiger partial charge is 0.444 e. The van der Waals surface area contributed by atoms with Crippen LogP contribution in [0, 0.1) is 0 Å². The zero-order chi connectivity index (χ0) is 31.7. The number of aromatic nitrogens is 1. The van der Waals surface area contributed by atoms with Gasteiger partial charge >= 0.3 is 12.2 Å². The molecule has 1 aromatic rings. The molecular weight excluding hydrogens is 558 g/mol. The van der Waals surface area contributed by atoms with Gasteiger partial charge < -0.3 is 24.4 Å². The fourth-order valence-electron chi connectivity index (χ4n) is 5.54. The van der Waals surface area contributed by atoms with Gasteiger partial charge in [0.1, 0.15) is 25.5 Å². The molecule has 2 rings (SSSR count). The molecule has 1 aliphatic rings. The number of pyridine rings is 1. The molecule has 0 aliphatic carbocycles. The van der Waals surface area contributed by atoms with Crippen LogP contribution in [0.15, 0.2) is 24.4 Å². The third-order valence-corrected chi connectivity index (χ3v) is 8.22. The van der Waals surface area contributed by atoms with Crippen molar-refractivity contribution in [1.82, 2.24) is 10.4 Å². The molecule has 9 heteroatoms. The van der Waals surface area contributed by atoms with Gasteiger partial charge in [0, 0.05) is 31.7 Å². The highest BCUT2D eigenvalue weighted by Crippen LogP contribution is 2.15. The molecule has 0 radical (unpaired) electrons. The van der Waals surface area contributed by atoms with E-state index in [1.165, 1.54) is 70.6 Å². The highest BCUT2D eigenvalue weighted by atomic mass is 16.8. The molecule has 0 bridgehead atoms. The summed E-state index contributed by atoms with van der Waals surface area (Å²) in [6.07, 6.45) is 22.5. The number of rotatable bonds is 23. The first-order valence-corrected chi connectivity index (χ1v) is 17.5. The van der Waals surface area contributed by atoms with Crippen LogP contribution in [0.3, 0.4) is 0 Å². The van der Waals surface area contributed by atoms with E-state index in [4.69, 9.17) is 14.3 Å². The number of aryl methyl sites for hydroxylation is 1. The lowest BCUT2D eigenvalue weighted by Crippen LogP contribution is -2.44. The lowest BCUT2D eigenvalue weighted by atomic mass is 10.0. The third kappa shape index (κ3) is 18.2. The van der Waals surface area contributed by atoms with Gasteiger partial charge in [-0.25, -0.2) is 14.2 Å². The van der Waals surface area contributed by atoms with E-state index in [0.29, 0.717) is 18.9 Å². The second-order valence-corrected chi connectivity index (χ2v) is 12.1. The van der Waals surface area contributed by atoms with Gasteiger partial charge in [-0.3, -0.25) is 0 Å². The number of nitrogens with zero attached hydrogens (tertiary/aromatic N) is 2. The van der Waals surface area contributed by atoms with Crippen molar-refractivity contribution in [3.63, 3.8) is 0 Å². The first-order valence-electron chi connectivity index (χ1n) is 17.5. The van der Waals surface area contributed by atoms with E-state index in [0.717, 1.165) is 68.7 Å². The Bertz CT molecular complexity index is 921. The molecule has 0 spiro atoms. The van der Waals surface area contributed by atoms with Crippen LogP contribution in [0.4, 0.5) is 9.59 Å². The summed E-state index contributed by atoms with van der Waals surface area (Å²) in [6, 6.07) is 5.72. The lowest BCUT2D eigenvalue weighted by molar-refractivity contribution is -0.702. The molecule has 1 unspecified atom stereocenters. The van der Waals surface area contributed by atoms with Gasteiger partial charge in [0.25, 0.3) is 0 Å². The molecule has 1 N–H and O–H groups in total. The second-order valence-electron chi connectivity index (χ2n) is 12.1. The van der Waals surface area contributed by atoms with E-state index in [9.17, 15) is 14.4 Å². The number of unbranched alkanes of at least 4 members (excludes halogenated alkanes) is 14. The van der Waals surface area contributed by atoms with Crippen LogP contribution in [0.2, 0.25) is 0 Å². The lowest BCUT2D eigenvalue weighted by Gasteiger charge is -2.24. The molecule has 1 atom stereocenters. The predicted molar refractivity (Wildman–Crippen MR) is 172 cm³/mol. The highest BCUT2D eigenvalue weighted by molar-refractivity contribution is 5.75. The summed E-state index contributed by atoms with van der Waals surface area (Å²) < 4.78 is 13.1. The number of hydrogen-bond acceptors (Lipinski definition) is 6. The van der Waals surface area contributed by atoms with Crippen LogP contribution < -0.4 is 9.88 Å². The quantitative estimate of drug-likeness (QED) is 0.0759. The number of Topliss-reactive ketones (excluding diaryl/α,β-unsaturated/α-hetero) is 1. The van der Waals surface area contributed by atoms with Crippen molar-refractivity contribution in [1.29, 1.82) is 0 Å². The highest BCUT2D eigenvalue weighted by Gasteiger charge is 2.26. The molecular formula is C35H60N3O6+. The molecule has 1 aliphatic heterocycles. The standard InChI is InChI=1S/C35H59N3O6/c1-3-37-27-21-18-24-32(37)29-38(35(41)43-30-33-25-19-22-28-42-33)44-34(40)36-26-20-16-14-12-10-8-6-4-5-7-9-11-13-15-17-23-31(2)39/h18,21,24,27,33H,3-17,19-20,22-23,25-26,28-30H2,1-2H3/p+1. The molecule has 1 aromatic heterocycles. The molecule has 2 heterocycles. The Morgan fingerprint density at radius 3 is 2.07 bits per heavy atom. The number of carbonyl (C=O) groups excluding carboxylic acids is 3. The molecule has 9 nitrogen and oxygen atoms in total. The van der Waals surface area contributed by atoms with Crippen LogP contribution in [-0.4, -0.2) is 48.9 Å². The minimum absolute atomic E-state index is 0.0929. The van der Waals surface area contributed by atoms with Crippen molar-refractivity contribution in [3.8, 4) is 0 Å². The molecule has 1 saturated heterocycles. The van der Waals surface area contributed by atoms with Crippen molar-refractivity contribution in [2.75, 3.05) is 19.8 Å². The van der Waals surface area contributed by atoms with Crippen LogP contribution in [0.1, 0.15) is 142 Å².